The Morgan fingerprint density at radius 1 is 0.328 bits per heavy atom. The number of hydrogen-bond donors (Lipinski definition) is 0. The molecule has 0 amide bonds. The molecule has 0 radical (unpaired) electrons. The molecule has 0 aliphatic rings. The van der Waals surface area contributed by atoms with E-state index in [-0.39, 0.29) is 31.1 Å². The normalized spacial score (nSPS) is 12.4. The minimum Gasteiger partial charge on any atom is -0.462 e. The zero-order valence-corrected chi connectivity index (χ0v) is 41.6. The zero-order valence-electron chi connectivity index (χ0n) is 41.6. The Labute approximate surface area is 380 Å². The Hall–Kier alpha value is -1.59. The quantitative estimate of drug-likeness (QED) is 0.0344. The highest BCUT2D eigenvalue weighted by atomic mass is 16.6. The predicted octanol–water partition coefficient (Wildman–Crippen LogP) is 17.8. The smallest absolute Gasteiger partial charge is 0.306 e. The first-order valence-electron chi connectivity index (χ1n) is 27.4. The molecular weight excluding hydrogens is 757 g/mol. The van der Waals surface area contributed by atoms with Crippen molar-refractivity contribution in [2.75, 3.05) is 13.2 Å². The van der Waals surface area contributed by atoms with Gasteiger partial charge >= 0.3 is 17.9 Å². The lowest BCUT2D eigenvalue weighted by Crippen LogP contribution is -2.30. The van der Waals surface area contributed by atoms with Crippen LogP contribution in [0.3, 0.4) is 0 Å². The van der Waals surface area contributed by atoms with Gasteiger partial charge in [-0.2, -0.15) is 0 Å². The molecule has 0 aromatic carbocycles. The van der Waals surface area contributed by atoms with Crippen molar-refractivity contribution in [1.82, 2.24) is 0 Å². The summed E-state index contributed by atoms with van der Waals surface area (Å²) in [5.74, 6) is 0.00656. The van der Waals surface area contributed by atoms with Crippen molar-refractivity contribution in [3.63, 3.8) is 0 Å². The molecule has 0 fully saturated rings. The number of hydrogen-bond acceptors (Lipinski definition) is 6. The van der Waals surface area contributed by atoms with Gasteiger partial charge in [0.05, 0.1) is 0 Å². The highest BCUT2D eigenvalue weighted by Crippen LogP contribution is 2.18. The number of ether oxygens (including phenoxy) is 3. The SMILES string of the molecule is CCCCCCCCCCCCCCCCCCCC(=O)O[C@H](COC(=O)CCCCCCCCCCCCCCCC)COC(=O)CCCCCCCCCCC(C)CC. The fraction of sp³-hybridized carbons (Fsp3) is 0.945. The molecule has 0 saturated carbocycles. The van der Waals surface area contributed by atoms with Gasteiger partial charge < -0.3 is 14.2 Å². The second-order valence-corrected chi connectivity index (χ2v) is 19.1. The van der Waals surface area contributed by atoms with Crippen LogP contribution in [0.1, 0.15) is 310 Å². The molecule has 6 nitrogen and oxygen atoms in total. The molecule has 0 aliphatic heterocycles. The largest absolute Gasteiger partial charge is 0.462 e. The van der Waals surface area contributed by atoms with Crippen molar-refractivity contribution >= 4 is 17.9 Å². The molecule has 0 spiro atoms. The second kappa shape index (κ2) is 49.4. The van der Waals surface area contributed by atoms with E-state index in [0.717, 1.165) is 63.7 Å². The van der Waals surface area contributed by atoms with Gasteiger partial charge in [-0.1, -0.05) is 272 Å². The van der Waals surface area contributed by atoms with E-state index in [1.165, 1.54) is 205 Å². The van der Waals surface area contributed by atoms with E-state index in [1.807, 2.05) is 0 Å². The Morgan fingerprint density at radius 2 is 0.574 bits per heavy atom. The predicted molar refractivity (Wildman–Crippen MR) is 261 cm³/mol. The first-order valence-corrected chi connectivity index (χ1v) is 27.4. The molecule has 0 saturated heterocycles. The van der Waals surface area contributed by atoms with Crippen LogP contribution in [0, 0.1) is 5.92 Å². The zero-order chi connectivity index (χ0) is 44.5. The molecule has 362 valence electrons. The van der Waals surface area contributed by atoms with Crippen molar-refractivity contribution in [2.24, 2.45) is 5.92 Å². The summed E-state index contributed by atoms with van der Waals surface area (Å²) in [7, 11) is 0. The Bertz CT molecular complexity index is 920. The number of esters is 3. The standard InChI is InChI=1S/C55H106O6/c1-5-8-10-12-14-16-18-20-22-23-24-26-28-30-36-40-44-48-55(58)61-52(50-60-54(57)47-43-39-35-32-31-33-37-41-45-51(4)7-3)49-59-53(56)46-42-38-34-29-27-25-21-19-17-15-13-11-9-6-2/h51-52H,5-50H2,1-4H3/t51?,52-/m1/s1. The molecule has 6 heteroatoms. The molecule has 0 aromatic heterocycles. The lowest BCUT2D eigenvalue weighted by atomic mass is 9.99. The van der Waals surface area contributed by atoms with Gasteiger partial charge in [-0.05, 0) is 25.2 Å². The Morgan fingerprint density at radius 3 is 0.852 bits per heavy atom. The first kappa shape index (κ1) is 59.4. The number of rotatable bonds is 50. The summed E-state index contributed by atoms with van der Waals surface area (Å²) in [5, 5.41) is 0. The van der Waals surface area contributed by atoms with Gasteiger partial charge in [-0.25, -0.2) is 0 Å². The maximum atomic E-state index is 12.8. The third-order valence-electron chi connectivity index (χ3n) is 12.9. The van der Waals surface area contributed by atoms with Gasteiger partial charge in [-0.15, -0.1) is 0 Å². The van der Waals surface area contributed by atoms with Crippen LogP contribution >= 0.6 is 0 Å². The van der Waals surface area contributed by atoms with Crippen molar-refractivity contribution in [1.29, 1.82) is 0 Å². The molecule has 0 aromatic rings. The van der Waals surface area contributed by atoms with Crippen molar-refractivity contribution < 1.29 is 28.6 Å². The van der Waals surface area contributed by atoms with E-state index >= 15 is 0 Å². The topological polar surface area (TPSA) is 78.9 Å². The molecule has 0 rings (SSSR count). The van der Waals surface area contributed by atoms with Crippen molar-refractivity contribution in [3.8, 4) is 0 Å². The Balaban J connectivity index is 4.30. The molecular formula is C55H106O6. The molecule has 61 heavy (non-hydrogen) atoms. The molecule has 0 aliphatic carbocycles. The maximum Gasteiger partial charge on any atom is 0.306 e. The summed E-state index contributed by atoms with van der Waals surface area (Å²) in [6.07, 6.45) is 52.3. The monoisotopic (exact) mass is 863 g/mol. The third kappa shape index (κ3) is 47.7. The fourth-order valence-corrected chi connectivity index (χ4v) is 8.36. The lowest BCUT2D eigenvalue weighted by Gasteiger charge is -2.18. The lowest BCUT2D eigenvalue weighted by molar-refractivity contribution is -0.167. The van der Waals surface area contributed by atoms with Gasteiger partial charge in [0.25, 0.3) is 0 Å². The van der Waals surface area contributed by atoms with E-state index in [4.69, 9.17) is 14.2 Å². The summed E-state index contributed by atoms with van der Waals surface area (Å²) in [6, 6.07) is 0. The van der Waals surface area contributed by atoms with Crippen LogP contribution in [-0.2, 0) is 28.6 Å². The summed E-state index contributed by atoms with van der Waals surface area (Å²) in [5.41, 5.74) is 0. The summed E-state index contributed by atoms with van der Waals surface area (Å²) >= 11 is 0. The van der Waals surface area contributed by atoms with Crippen LogP contribution in [0.5, 0.6) is 0 Å². The summed E-state index contributed by atoms with van der Waals surface area (Å²) < 4.78 is 16.8. The van der Waals surface area contributed by atoms with Crippen LogP contribution in [0.25, 0.3) is 0 Å². The van der Waals surface area contributed by atoms with Crippen LogP contribution < -0.4 is 0 Å². The molecule has 2 atom stereocenters. The fourth-order valence-electron chi connectivity index (χ4n) is 8.36. The van der Waals surface area contributed by atoms with Gasteiger partial charge in [0.15, 0.2) is 6.10 Å². The van der Waals surface area contributed by atoms with Crippen LogP contribution in [0.15, 0.2) is 0 Å². The first-order chi connectivity index (χ1) is 29.9. The van der Waals surface area contributed by atoms with Crippen LogP contribution in [0.4, 0.5) is 0 Å². The highest BCUT2D eigenvalue weighted by molar-refractivity contribution is 5.71. The van der Waals surface area contributed by atoms with Crippen LogP contribution in [0.2, 0.25) is 0 Å². The highest BCUT2D eigenvalue weighted by Gasteiger charge is 2.19. The number of carbonyl (C=O) groups is 3. The van der Waals surface area contributed by atoms with E-state index in [2.05, 4.69) is 27.7 Å². The van der Waals surface area contributed by atoms with Gasteiger partial charge in [0.2, 0.25) is 0 Å². The van der Waals surface area contributed by atoms with E-state index in [1.54, 1.807) is 0 Å². The molecule has 1 unspecified atom stereocenters. The van der Waals surface area contributed by atoms with Gasteiger partial charge in [0, 0.05) is 19.3 Å². The van der Waals surface area contributed by atoms with Gasteiger partial charge in [0.1, 0.15) is 13.2 Å². The average Bonchev–Trinajstić information content (AvgIpc) is 3.26. The van der Waals surface area contributed by atoms with E-state index in [0.29, 0.717) is 19.3 Å². The average molecular weight is 863 g/mol. The summed E-state index contributed by atoms with van der Waals surface area (Å²) in [6.45, 7) is 9.05. The molecule has 0 heterocycles. The minimum absolute atomic E-state index is 0.0626. The van der Waals surface area contributed by atoms with Gasteiger partial charge in [-0.3, -0.25) is 14.4 Å². The molecule has 0 bridgehead atoms. The van der Waals surface area contributed by atoms with E-state index < -0.39 is 6.10 Å². The Kier molecular flexibility index (Phi) is 48.1. The van der Waals surface area contributed by atoms with Crippen molar-refractivity contribution in [3.05, 3.63) is 0 Å². The number of carbonyl (C=O) groups excluding carboxylic acids is 3. The second-order valence-electron chi connectivity index (χ2n) is 19.1. The summed E-state index contributed by atoms with van der Waals surface area (Å²) in [4.78, 5) is 38.0. The molecule has 0 N–H and O–H groups in total. The van der Waals surface area contributed by atoms with E-state index in [9.17, 15) is 14.4 Å². The van der Waals surface area contributed by atoms with Crippen LogP contribution in [-0.4, -0.2) is 37.2 Å². The van der Waals surface area contributed by atoms with Crippen molar-refractivity contribution in [2.45, 2.75) is 316 Å². The maximum absolute atomic E-state index is 12.8. The third-order valence-corrected chi connectivity index (χ3v) is 12.9. The minimum atomic E-state index is -0.761. The number of unbranched alkanes of at least 4 members (excludes halogenated alkanes) is 36.